The number of halogens is 1. The zero-order valence-electron chi connectivity index (χ0n) is 14.0. The molecule has 2 unspecified atom stereocenters. The van der Waals surface area contributed by atoms with Crippen molar-refractivity contribution in [3.63, 3.8) is 0 Å². The van der Waals surface area contributed by atoms with Crippen LogP contribution in [-0.2, 0) is 11.2 Å². The fourth-order valence-corrected chi connectivity index (χ4v) is 2.84. The number of carbonyl (C=O) groups is 1. The van der Waals surface area contributed by atoms with Gasteiger partial charge in [-0.2, -0.15) is 10.4 Å². The molecular formula is C18H20FN5O. The lowest BCUT2D eigenvalue weighted by molar-refractivity contribution is -0.122. The van der Waals surface area contributed by atoms with Crippen LogP contribution in [0.4, 0.5) is 10.2 Å². The number of rotatable bonds is 6. The highest BCUT2D eigenvalue weighted by molar-refractivity contribution is 5.81. The quantitative estimate of drug-likeness (QED) is 0.787. The molecule has 0 saturated heterocycles. The summed E-state index contributed by atoms with van der Waals surface area (Å²) in [4.78, 5) is 11.8. The third-order valence-electron chi connectivity index (χ3n) is 4.51. The number of benzene rings is 1. The highest BCUT2D eigenvalue weighted by Gasteiger charge is 2.38. The Morgan fingerprint density at radius 3 is 2.76 bits per heavy atom. The minimum absolute atomic E-state index is 0.101. The van der Waals surface area contributed by atoms with E-state index in [1.165, 1.54) is 16.8 Å². The molecule has 1 aliphatic rings. The standard InChI is InChI=1S/C18H20FN5O/c1-11-9-14(11)18(25)22-8-2-3-16-15(10-20)17(21)24(23-16)13-6-4-12(19)5-7-13/h4-7,11,14H,2-3,8-9,21H2,1H3,(H,22,25). The highest BCUT2D eigenvalue weighted by Crippen LogP contribution is 2.37. The van der Waals surface area contributed by atoms with Crippen LogP contribution in [0.2, 0.25) is 0 Å². The van der Waals surface area contributed by atoms with E-state index < -0.39 is 0 Å². The van der Waals surface area contributed by atoms with Crippen LogP contribution in [0, 0.1) is 29.0 Å². The van der Waals surface area contributed by atoms with Crippen LogP contribution in [-0.4, -0.2) is 22.2 Å². The van der Waals surface area contributed by atoms with Gasteiger partial charge in [0.1, 0.15) is 23.3 Å². The Labute approximate surface area is 145 Å². The van der Waals surface area contributed by atoms with Crippen LogP contribution in [0.3, 0.4) is 0 Å². The molecule has 6 nitrogen and oxygen atoms in total. The van der Waals surface area contributed by atoms with Gasteiger partial charge in [0.25, 0.3) is 0 Å². The largest absolute Gasteiger partial charge is 0.382 e. The summed E-state index contributed by atoms with van der Waals surface area (Å²) in [7, 11) is 0. The van der Waals surface area contributed by atoms with Gasteiger partial charge < -0.3 is 11.1 Å². The van der Waals surface area contributed by atoms with E-state index >= 15 is 0 Å². The van der Waals surface area contributed by atoms with E-state index in [9.17, 15) is 14.4 Å². The number of nitrogens with one attached hydrogen (secondary N) is 1. The molecule has 1 aliphatic carbocycles. The normalized spacial score (nSPS) is 18.6. The second-order valence-electron chi connectivity index (χ2n) is 6.42. The highest BCUT2D eigenvalue weighted by atomic mass is 19.1. The fraction of sp³-hybridized carbons (Fsp3) is 0.389. The second kappa shape index (κ2) is 6.93. The van der Waals surface area contributed by atoms with Crippen molar-refractivity contribution in [1.29, 1.82) is 5.26 Å². The molecule has 2 atom stereocenters. The number of nitriles is 1. The van der Waals surface area contributed by atoms with Gasteiger partial charge in [0, 0.05) is 12.5 Å². The van der Waals surface area contributed by atoms with Gasteiger partial charge in [-0.1, -0.05) is 6.92 Å². The van der Waals surface area contributed by atoms with Gasteiger partial charge in [-0.3, -0.25) is 4.79 Å². The molecule has 1 aromatic carbocycles. The monoisotopic (exact) mass is 341 g/mol. The SMILES string of the molecule is CC1CC1C(=O)NCCCc1nn(-c2ccc(F)cc2)c(N)c1C#N. The maximum absolute atomic E-state index is 13.1. The van der Waals surface area contributed by atoms with Crippen molar-refractivity contribution >= 4 is 11.7 Å². The molecule has 0 radical (unpaired) electrons. The molecule has 3 N–H and O–H groups in total. The number of hydrogen-bond donors (Lipinski definition) is 2. The number of carbonyl (C=O) groups excluding carboxylic acids is 1. The van der Waals surface area contributed by atoms with Crippen LogP contribution in [0.25, 0.3) is 5.69 Å². The van der Waals surface area contributed by atoms with Gasteiger partial charge in [0.05, 0.1) is 11.4 Å². The summed E-state index contributed by atoms with van der Waals surface area (Å²) in [5.74, 6) is 0.625. The third-order valence-corrected chi connectivity index (χ3v) is 4.51. The minimum atomic E-state index is -0.351. The van der Waals surface area contributed by atoms with Gasteiger partial charge in [-0.15, -0.1) is 0 Å². The van der Waals surface area contributed by atoms with Gasteiger partial charge in [-0.05, 0) is 49.4 Å². The lowest BCUT2D eigenvalue weighted by atomic mass is 10.1. The molecule has 130 valence electrons. The zero-order chi connectivity index (χ0) is 18.0. The predicted octanol–water partition coefficient (Wildman–Crippen LogP) is 2.17. The van der Waals surface area contributed by atoms with Crippen LogP contribution < -0.4 is 11.1 Å². The predicted molar refractivity (Wildman–Crippen MR) is 91.3 cm³/mol. The molecule has 2 aromatic rings. The Morgan fingerprint density at radius 2 is 2.16 bits per heavy atom. The van der Waals surface area contributed by atoms with E-state index in [1.54, 1.807) is 12.1 Å². The molecule has 0 aliphatic heterocycles. The van der Waals surface area contributed by atoms with Crippen molar-refractivity contribution in [2.75, 3.05) is 12.3 Å². The summed E-state index contributed by atoms with van der Waals surface area (Å²) >= 11 is 0. The molecule has 3 rings (SSSR count). The Kier molecular flexibility index (Phi) is 4.70. The van der Waals surface area contributed by atoms with Crippen LogP contribution in [0.15, 0.2) is 24.3 Å². The average molecular weight is 341 g/mol. The van der Waals surface area contributed by atoms with E-state index in [2.05, 4.69) is 23.4 Å². The Bertz CT molecular complexity index is 821. The molecular weight excluding hydrogens is 321 g/mol. The van der Waals surface area contributed by atoms with E-state index in [-0.39, 0.29) is 23.5 Å². The lowest BCUT2D eigenvalue weighted by Gasteiger charge is -2.04. The van der Waals surface area contributed by atoms with Crippen molar-refractivity contribution in [2.24, 2.45) is 11.8 Å². The van der Waals surface area contributed by atoms with Crippen molar-refractivity contribution < 1.29 is 9.18 Å². The van der Waals surface area contributed by atoms with Crippen LogP contribution in [0.1, 0.15) is 31.0 Å². The Hall–Kier alpha value is -2.88. The average Bonchev–Trinajstić information content (AvgIpc) is 3.25. The zero-order valence-corrected chi connectivity index (χ0v) is 14.0. The summed E-state index contributed by atoms with van der Waals surface area (Å²) in [6.07, 6.45) is 2.16. The van der Waals surface area contributed by atoms with Crippen molar-refractivity contribution in [1.82, 2.24) is 15.1 Å². The number of nitrogens with two attached hydrogens (primary N) is 1. The first kappa shape index (κ1) is 17.0. The molecule has 1 heterocycles. The minimum Gasteiger partial charge on any atom is -0.382 e. The summed E-state index contributed by atoms with van der Waals surface area (Å²) in [5.41, 5.74) is 7.52. The van der Waals surface area contributed by atoms with Crippen LogP contribution in [0.5, 0.6) is 0 Å². The molecule has 25 heavy (non-hydrogen) atoms. The molecule has 1 fully saturated rings. The van der Waals surface area contributed by atoms with Gasteiger partial charge in [-0.25, -0.2) is 9.07 Å². The van der Waals surface area contributed by atoms with Crippen molar-refractivity contribution in [3.05, 3.63) is 41.3 Å². The summed E-state index contributed by atoms with van der Waals surface area (Å²) in [6.45, 7) is 2.60. The summed E-state index contributed by atoms with van der Waals surface area (Å²) in [5, 5.41) is 16.6. The number of amides is 1. The molecule has 0 spiro atoms. The first-order chi connectivity index (χ1) is 12.0. The third kappa shape index (κ3) is 3.63. The summed E-state index contributed by atoms with van der Waals surface area (Å²) in [6, 6.07) is 7.82. The molecule has 0 bridgehead atoms. The number of hydrogen-bond acceptors (Lipinski definition) is 4. The molecule has 7 heteroatoms. The number of nitrogen functional groups attached to an aromatic ring is 1. The van der Waals surface area contributed by atoms with Gasteiger partial charge in [0.15, 0.2) is 0 Å². The topological polar surface area (TPSA) is 96.7 Å². The van der Waals surface area contributed by atoms with E-state index in [1.807, 2.05) is 0 Å². The Morgan fingerprint density at radius 1 is 1.48 bits per heavy atom. The molecule has 1 aromatic heterocycles. The first-order valence-electron chi connectivity index (χ1n) is 8.32. The number of aromatic nitrogens is 2. The second-order valence-corrected chi connectivity index (χ2v) is 6.42. The van der Waals surface area contributed by atoms with Crippen molar-refractivity contribution in [2.45, 2.75) is 26.2 Å². The number of aryl methyl sites for hydroxylation is 1. The Balaban J connectivity index is 1.65. The maximum Gasteiger partial charge on any atom is 0.223 e. The first-order valence-corrected chi connectivity index (χ1v) is 8.32. The smallest absolute Gasteiger partial charge is 0.223 e. The molecule has 1 saturated carbocycles. The van der Waals surface area contributed by atoms with Gasteiger partial charge >= 0.3 is 0 Å². The fourth-order valence-electron chi connectivity index (χ4n) is 2.84. The van der Waals surface area contributed by atoms with Crippen molar-refractivity contribution in [3.8, 4) is 11.8 Å². The lowest BCUT2D eigenvalue weighted by Crippen LogP contribution is -2.26. The number of anilines is 1. The van der Waals surface area contributed by atoms with E-state index in [4.69, 9.17) is 5.73 Å². The van der Waals surface area contributed by atoms with Gasteiger partial charge in [0.2, 0.25) is 5.91 Å². The van der Waals surface area contributed by atoms with E-state index in [0.29, 0.717) is 42.2 Å². The maximum atomic E-state index is 13.1. The van der Waals surface area contributed by atoms with Crippen LogP contribution >= 0.6 is 0 Å². The molecule has 1 amide bonds. The summed E-state index contributed by atoms with van der Waals surface area (Å²) < 4.78 is 14.5. The number of nitrogens with zero attached hydrogens (tertiary/aromatic N) is 3. The van der Waals surface area contributed by atoms with E-state index in [0.717, 1.165) is 6.42 Å².